The van der Waals surface area contributed by atoms with Gasteiger partial charge < -0.3 is 5.32 Å². The Morgan fingerprint density at radius 1 is 1.22 bits per heavy atom. The molecule has 23 heavy (non-hydrogen) atoms. The van der Waals surface area contributed by atoms with Crippen molar-refractivity contribution in [2.24, 2.45) is 0 Å². The maximum atomic E-state index is 12.4. The molecule has 0 unspecified atom stereocenters. The van der Waals surface area contributed by atoms with Crippen molar-refractivity contribution in [3.63, 3.8) is 0 Å². The Bertz CT molecular complexity index is 846. The summed E-state index contributed by atoms with van der Waals surface area (Å²) >= 11 is 5.93. The van der Waals surface area contributed by atoms with E-state index in [1.54, 1.807) is 30.3 Å². The summed E-state index contributed by atoms with van der Waals surface area (Å²) in [7, 11) is 0. The first kappa shape index (κ1) is 15.2. The van der Waals surface area contributed by atoms with Crippen LogP contribution >= 0.6 is 11.6 Å². The van der Waals surface area contributed by atoms with Gasteiger partial charge in [0.15, 0.2) is 0 Å². The number of halogens is 1. The molecule has 0 fully saturated rings. The number of nitrogens with one attached hydrogen (secondary N) is 1. The fourth-order valence-corrected chi connectivity index (χ4v) is 2.29. The first-order valence-corrected chi connectivity index (χ1v) is 7.49. The van der Waals surface area contributed by atoms with E-state index in [0.717, 1.165) is 0 Å². The highest BCUT2D eigenvalue weighted by atomic mass is 35.5. The lowest BCUT2D eigenvalue weighted by atomic mass is 10.1. The molecule has 116 valence electrons. The minimum absolute atomic E-state index is 0.247. The summed E-state index contributed by atoms with van der Waals surface area (Å²) in [5.41, 5.74) is 1.81. The molecule has 0 spiro atoms. The Hall–Kier alpha value is -2.73. The van der Waals surface area contributed by atoms with Crippen molar-refractivity contribution in [1.29, 1.82) is 0 Å². The van der Waals surface area contributed by atoms with Crippen LogP contribution in [0.25, 0.3) is 11.4 Å². The molecule has 0 aliphatic carbocycles. The molecule has 0 bridgehead atoms. The van der Waals surface area contributed by atoms with Crippen LogP contribution in [0.5, 0.6) is 0 Å². The summed E-state index contributed by atoms with van der Waals surface area (Å²) in [6, 6.07) is 14.1. The van der Waals surface area contributed by atoms with Crippen molar-refractivity contribution in [3.8, 4) is 11.4 Å². The summed E-state index contributed by atoms with van der Waals surface area (Å²) in [5, 5.41) is 15.6. The minimum Gasteiger partial charge on any atom is -0.321 e. The molecule has 0 saturated heterocycles. The second kappa shape index (κ2) is 6.58. The van der Waals surface area contributed by atoms with Gasteiger partial charge in [-0.1, -0.05) is 29.8 Å². The van der Waals surface area contributed by atoms with Gasteiger partial charge in [-0.25, -0.2) is 0 Å². The average Bonchev–Trinajstić information content (AvgIpc) is 3.04. The zero-order chi connectivity index (χ0) is 16.2. The quantitative estimate of drug-likeness (QED) is 0.798. The molecule has 3 rings (SSSR count). The monoisotopic (exact) mass is 327 g/mol. The molecule has 0 saturated carbocycles. The fourth-order valence-electron chi connectivity index (χ4n) is 2.10. The number of carbonyl (C=O) groups excluding carboxylic acids is 1. The van der Waals surface area contributed by atoms with Crippen molar-refractivity contribution in [2.45, 2.75) is 13.5 Å². The van der Waals surface area contributed by atoms with Gasteiger partial charge in [0.05, 0.1) is 12.2 Å². The van der Waals surface area contributed by atoms with Gasteiger partial charge in [0.2, 0.25) is 5.82 Å². The molecular weight excluding hydrogens is 314 g/mol. The lowest BCUT2D eigenvalue weighted by Gasteiger charge is -2.09. The highest BCUT2D eigenvalue weighted by molar-refractivity contribution is 6.31. The fraction of sp³-hybridized carbons (Fsp3) is 0.125. The maximum Gasteiger partial charge on any atom is 0.255 e. The number of carbonyl (C=O) groups is 1. The molecule has 0 radical (unpaired) electrons. The molecule has 1 amide bonds. The van der Waals surface area contributed by atoms with Gasteiger partial charge in [0, 0.05) is 16.1 Å². The number of tetrazole rings is 1. The number of para-hydroxylation sites is 1. The molecule has 2 aromatic carbocycles. The standard InChI is InChI=1S/C16H14ClN5O/c1-2-22-20-15(19-21-22)13-8-3-4-9-14(13)18-16(23)11-6-5-7-12(17)10-11/h3-10H,2H2,1H3,(H,18,23). The van der Waals surface area contributed by atoms with Crippen LogP contribution < -0.4 is 5.32 Å². The Kier molecular flexibility index (Phi) is 4.34. The number of anilines is 1. The van der Waals surface area contributed by atoms with Crippen molar-refractivity contribution in [1.82, 2.24) is 20.2 Å². The second-order valence-corrected chi connectivity index (χ2v) is 5.25. The van der Waals surface area contributed by atoms with Crippen LogP contribution in [0, 0.1) is 0 Å². The van der Waals surface area contributed by atoms with E-state index in [1.807, 2.05) is 25.1 Å². The summed E-state index contributed by atoms with van der Waals surface area (Å²) in [6.07, 6.45) is 0. The van der Waals surface area contributed by atoms with Gasteiger partial charge in [-0.15, -0.1) is 10.2 Å². The molecule has 6 nitrogen and oxygen atoms in total. The molecule has 7 heteroatoms. The number of nitrogens with zero attached hydrogens (tertiary/aromatic N) is 4. The normalized spacial score (nSPS) is 10.5. The van der Waals surface area contributed by atoms with E-state index in [4.69, 9.17) is 11.6 Å². The van der Waals surface area contributed by atoms with Crippen LogP contribution in [0.2, 0.25) is 5.02 Å². The van der Waals surface area contributed by atoms with Gasteiger partial charge in [-0.3, -0.25) is 4.79 Å². The minimum atomic E-state index is -0.247. The third-order valence-electron chi connectivity index (χ3n) is 3.24. The first-order valence-electron chi connectivity index (χ1n) is 7.11. The number of amides is 1. The number of aromatic nitrogens is 4. The molecule has 1 aromatic heterocycles. The molecule has 0 aliphatic rings. The first-order chi connectivity index (χ1) is 11.2. The van der Waals surface area contributed by atoms with E-state index in [2.05, 4.69) is 20.7 Å². The van der Waals surface area contributed by atoms with E-state index < -0.39 is 0 Å². The number of hydrogen-bond donors (Lipinski definition) is 1. The number of hydrogen-bond acceptors (Lipinski definition) is 4. The Balaban J connectivity index is 1.90. The number of rotatable bonds is 4. The second-order valence-electron chi connectivity index (χ2n) is 4.81. The zero-order valence-corrected chi connectivity index (χ0v) is 13.2. The predicted octanol–water partition coefficient (Wildman–Crippen LogP) is 3.27. The molecule has 3 aromatic rings. The Morgan fingerprint density at radius 2 is 2.04 bits per heavy atom. The maximum absolute atomic E-state index is 12.4. The molecule has 0 atom stereocenters. The van der Waals surface area contributed by atoms with Crippen LogP contribution in [0.15, 0.2) is 48.5 Å². The zero-order valence-electron chi connectivity index (χ0n) is 12.4. The molecule has 0 aliphatic heterocycles. The highest BCUT2D eigenvalue weighted by Gasteiger charge is 2.13. The Labute approximate surface area is 138 Å². The van der Waals surface area contributed by atoms with Crippen LogP contribution in [-0.4, -0.2) is 26.1 Å². The van der Waals surface area contributed by atoms with Crippen LogP contribution in [0.3, 0.4) is 0 Å². The van der Waals surface area contributed by atoms with Gasteiger partial charge in [-0.2, -0.15) is 4.80 Å². The summed E-state index contributed by atoms with van der Waals surface area (Å²) in [6.45, 7) is 2.56. The number of aryl methyl sites for hydroxylation is 1. The van der Waals surface area contributed by atoms with E-state index in [0.29, 0.717) is 34.2 Å². The topological polar surface area (TPSA) is 72.7 Å². The summed E-state index contributed by atoms with van der Waals surface area (Å²) in [5.74, 6) is 0.219. The van der Waals surface area contributed by atoms with Crippen LogP contribution in [-0.2, 0) is 6.54 Å². The average molecular weight is 328 g/mol. The largest absolute Gasteiger partial charge is 0.321 e. The lowest BCUT2D eigenvalue weighted by molar-refractivity contribution is 0.102. The van der Waals surface area contributed by atoms with Gasteiger partial charge >= 0.3 is 0 Å². The third kappa shape index (κ3) is 3.37. The third-order valence-corrected chi connectivity index (χ3v) is 3.47. The van der Waals surface area contributed by atoms with Crippen molar-refractivity contribution in [2.75, 3.05) is 5.32 Å². The van der Waals surface area contributed by atoms with E-state index in [-0.39, 0.29) is 5.91 Å². The lowest BCUT2D eigenvalue weighted by Crippen LogP contribution is -2.12. The van der Waals surface area contributed by atoms with E-state index >= 15 is 0 Å². The van der Waals surface area contributed by atoms with Crippen molar-refractivity contribution >= 4 is 23.2 Å². The predicted molar refractivity (Wildman–Crippen MR) is 88.3 cm³/mol. The number of benzene rings is 2. The SMILES string of the molecule is CCn1nnc(-c2ccccc2NC(=O)c2cccc(Cl)c2)n1. The Morgan fingerprint density at radius 3 is 2.78 bits per heavy atom. The van der Waals surface area contributed by atoms with E-state index in [1.165, 1.54) is 4.80 Å². The van der Waals surface area contributed by atoms with Gasteiger partial charge in [-0.05, 0) is 42.5 Å². The van der Waals surface area contributed by atoms with Crippen LogP contribution in [0.1, 0.15) is 17.3 Å². The van der Waals surface area contributed by atoms with Crippen LogP contribution in [0.4, 0.5) is 5.69 Å². The smallest absolute Gasteiger partial charge is 0.255 e. The molecule has 1 N–H and O–H groups in total. The van der Waals surface area contributed by atoms with Crippen molar-refractivity contribution in [3.05, 3.63) is 59.1 Å². The summed E-state index contributed by atoms with van der Waals surface area (Å²) < 4.78 is 0. The molecular formula is C16H14ClN5O. The molecule has 1 heterocycles. The summed E-state index contributed by atoms with van der Waals surface area (Å²) in [4.78, 5) is 13.9. The van der Waals surface area contributed by atoms with Gasteiger partial charge in [0.1, 0.15) is 0 Å². The van der Waals surface area contributed by atoms with Crippen molar-refractivity contribution < 1.29 is 4.79 Å². The van der Waals surface area contributed by atoms with Gasteiger partial charge in [0.25, 0.3) is 5.91 Å². The van der Waals surface area contributed by atoms with E-state index in [9.17, 15) is 4.79 Å². The highest BCUT2D eigenvalue weighted by Crippen LogP contribution is 2.25.